The summed E-state index contributed by atoms with van der Waals surface area (Å²) in [4.78, 5) is 27.2. The van der Waals surface area contributed by atoms with Gasteiger partial charge in [0.1, 0.15) is 5.82 Å². The number of hydrogen-bond acceptors (Lipinski definition) is 6. The maximum atomic E-state index is 11.6. The van der Waals surface area contributed by atoms with Gasteiger partial charge >= 0.3 is 5.97 Å². The first-order valence-corrected chi connectivity index (χ1v) is 6.38. The Morgan fingerprint density at radius 1 is 1.50 bits per heavy atom. The van der Waals surface area contributed by atoms with E-state index in [1.165, 1.54) is 6.20 Å². The van der Waals surface area contributed by atoms with Crippen LogP contribution in [-0.2, 0) is 4.74 Å². The van der Waals surface area contributed by atoms with Crippen LogP contribution in [-0.4, -0.2) is 32.5 Å². The summed E-state index contributed by atoms with van der Waals surface area (Å²) in [5.41, 5.74) is 0.954. The van der Waals surface area contributed by atoms with Crippen molar-refractivity contribution in [2.75, 3.05) is 11.9 Å². The van der Waals surface area contributed by atoms with Gasteiger partial charge < -0.3 is 15.0 Å². The SMILES string of the molecule is CCOC(=O)c1cnc(NC(C)c2ncc[nH]2)nc1C. The number of rotatable bonds is 5. The van der Waals surface area contributed by atoms with E-state index in [1.54, 1.807) is 26.2 Å². The summed E-state index contributed by atoms with van der Waals surface area (Å²) in [6.07, 6.45) is 4.91. The first-order chi connectivity index (χ1) is 9.61. The fraction of sp³-hybridized carbons (Fsp3) is 0.385. The summed E-state index contributed by atoms with van der Waals surface area (Å²) in [6.45, 7) is 5.77. The molecular weight excluding hydrogens is 258 g/mol. The molecule has 2 rings (SSSR count). The molecule has 0 bridgehead atoms. The van der Waals surface area contributed by atoms with Crippen molar-refractivity contribution in [2.45, 2.75) is 26.8 Å². The fourth-order valence-electron chi connectivity index (χ4n) is 1.72. The molecule has 2 aromatic rings. The van der Waals surface area contributed by atoms with E-state index in [1.807, 2.05) is 6.92 Å². The van der Waals surface area contributed by atoms with Crippen LogP contribution in [0.1, 0.15) is 41.8 Å². The number of nitrogens with one attached hydrogen (secondary N) is 2. The number of carbonyl (C=O) groups excluding carboxylic acids is 1. The molecule has 0 saturated carbocycles. The number of imidazole rings is 1. The number of aromatic amines is 1. The molecule has 0 aromatic carbocycles. The van der Waals surface area contributed by atoms with E-state index < -0.39 is 5.97 Å². The topological polar surface area (TPSA) is 92.8 Å². The van der Waals surface area contributed by atoms with Gasteiger partial charge in [0.2, 0.25) is 5.95 Å². The maximum Gasteiger partial charge on any atom is 0.341 e. The van der Waals surface area contributed by atoms with Gasteiger partial charge in [-0.3, -0.25) is 0 Å². The van der Waals surface area contributed by atoms with Crippen molar-refractivity contribution in [3.63, 3.8) is 0 Å². The molecule has 0 aliphatic carbocycles. The van der Waals surface area contributed by atoms with E-state index in [9.17, 15) is 4.79 Å². The van der Waals surface area contributed by atoms with Gasteiger partial charge in [0.25, 0.3) is 0 Å². The highest BCUT2D eigenvalue weighted by Gasteiger charge is 2.14. The molecule has 0 aliphatic heterocycles. The molecule has 1 unspecified atom stereocenters. The van der Waals surface area contributed by atoms with Crippen LogP contribution >= 0.6 is 0 Å². The number of aromatic nitrogens is 4. The molecule has 0 amide bonds. The Bertz CT molecular complexity index is 582. The monoisotopic (exact) mass is 275 g/mol. The third kappa shape index (κ3) is 3.11. The van der Waals surface area contributed by atoms with Crippen molar-refractivity contribution in [3.8, 4) is 0 Å². The van der Waals surface area contributed by atoms with E-state index in [0.29, 0.717) is 23.8 Å². The third-order valence-corrected chi connectivity index (χ3v) is 2.75. The summed E-state index contributed by atoms with van der Waals surface area (Å²) < 4.78 is 4.93. The summed E-state index contributed by atoms with van der Waals surface area (Å²) in [5, 5.41) is 3.12. The minimum atomic E-state index is -0.407. The van der Waals surface area contributed by atoms with Gasteiger partial charge in [-0.15, -0.1) is 0 Å². The van der Waals surface area contributed by atoms with Gasteiger partial charge in [0.15, 0.2) is 0 Å². The molecule has 0 radical (unpaired) electrons. The lowest BCUT2D eigenvalue weighted by Crippen LogP contribution is -2.14. The van der Waals surface area contributed by atoms with Crippen molar-refractivity contribution in [1.29, 1.82) is 0 Å². The van der Waals surface area contributed by atoms with Gasteiger partial charge in [-0.2, -0.15) is 0 Å². The van der Waals surface area contributed by atoms with E-state index in [0.717, 1.165) is 5.82 Å². The number of aryl methyl sites for hydroxylation is 1. The predicted molar refractivity (Wildman–Crippen MR) is 73.4 cm³/mol. The lowest BCUT2D eigenvalue weighted by atomic mass is 10.2. The summed E-state index contributed by atoms with van der Waals surface area (Å²) in [6, 6.07) is -0.0576. The Hall–Kier alpha value is -2.44. The van der Waals surface area contributed by atoms with Crippen LogP contribution in [0.2, 0.25) is 0 Å². The van der Waals surface area contributed by atoms with Gasteiger partial charge in [0.05, 0.1) is 23.9 Å². The van der Waals surface area contributed by atoms with E-state index in [-0.39, 0.29) is 6.04 Å². The van der Waals surface area contributed by atoms with Crippen molar-refractivity contribution in [2.24, 2.45) is 0 Å². The van der Waals surface area contributed by atoms with Crippen molar-refractivity contribution >= 4 is 11.9 Å². The van der Waals surface area contributed by atoms with Crippen LogP contribution in [0.4, 0.5) is 5.95 Å². The van der Waals surface area contributed by atoms with Crippen molar-refractivity contribution in [1.82, 2.24) is 19.9 Å². The lowest BCUT2D eigenvalue weighted by Gasteiger charge is -2.12. The first-order valence-electron chi connectivity index (χ1n) is 6.38. The van der Waals surface area contributed by atoms with Gasteiger partial charge in [-0.05, 0) is 20.8 Å². The number of ether oxygens (including phenoxy) is 1. The summed E-state index contributed by atoms with van der Waals surface area (Å²) in [7, 11) is 0. The zero-order valence-corrected chi connectivity index (χ0v) is 11.7. The molecule has 0 saturated heterocycles. The quantitative estimate of drug-likeness (QED) is 0.809. The maximum absolute atomic E-state index is 11.6. The van der Waals surface area contributed by atoms with Crippen molar-refractivity contribution < 1.29 is 9.53 Å². The van der Waals surface area contributed by atoms with Crippen LogP contribution < -0.4 is 5.32 Å². The number of anilines is 1. The summed E-state index contributed by atoms with van der Waals surface area (Å²) in [5.74, 6) is 0.829. The second-order valence-corrected chi connectivity index (χ2v) is 4.25. The normalized spacial score (nSPS) is 11.9. The van der Waals surface area contributed by atoms with Crippen LogP contribution in [0.5, 0.6) is 0 Å². The third-order valence-electron chi connectivity index (χ3n) is 2.75. The smallest absolute Gasteiger partial charge is 0.341 e. The first kappa shape index (κ1) is 14.0. The molecule has 0 fully saturated rings. The zero-order chi connectivity index (χ0) is 14.5. The number of nitrogens with zero attached hydrogens (tertiary/aromatic N) is 3. The Kier molecular flexibility index (Phi) is 4.29. The molecular formula is C13H17N5O2. The summed E-state index contributed by atoms with van der Waals surface area (Å²) >= 11 is 0. The number of H-pyrrole nitrogens is 1. The van der Waals surface area contributed by atoms with Crippen LogP contribution in [0, 0.1) is 6.92 Å². The van der Waals surface area contributed by atoms with Gasteiger partial charge in [-0.1, -0.05) is 0 Å². The zero-order valence-electron chi connectivity index (χ0n) is 11.7. The second-order valence-electron chi connectivity index (χ2n) is 4.25. The predicted octanol–water partition coefficient (Wildman–Crippen LogP) is 1.86. The van der Waals surface area contributed by atoms with Crippen LogP contribution in [0.3, 0.4) is 0 Å². The van der Waals surface area contributed by atoms with Gasteiger partial charge in [0, 0.05) is 18.6 Å². The number of esters is 1. The average molecular weight is 275 g/mol. The molecule has 7 nitrogen and oxygen atoms in total. The van der Waals surface area contributed by atoms with E-state index in [2.05, 4.69) is 25.3 Å². The average Bonchev–Trinajstić information content (AvgIpc) is 2.93. The fourth-order valence-corrected chi connectivity index (χ4v) is 1.72. The van der Waals surface area contributed by atoms with Crippen molar-refractivity contribution in [3.05, 3.63) is 35.7 Å². The minimum absolute atomic E-state index is 0.0576. The second kappa shape index (κ2) is 6.14. The minimum Gasteiger partial charge on any atom is -0.462 e. The highest BCUT2D eigenvalue weighted by molar-refractivity contribution is 5.90. The molecule has 2 heterocycles. The molecule has 2 aromatic heterocycles. The number of hydrogen-bond donors (Lipinski definition) is 2. The number of carbonyl (C=O) groups is 1. The lowest BCUT2D eigenvalue weighted by molar-refractivity contribution is 0.0524. The van der Waals surface area contributed by atoms with Crippen LogP contribution in [0.25, 0.3) is 0 Å². The highest BCUT2D eigenvalue weighted by Crippen LogP contribution is 2.14. The molecule has 7 heteroatoms. The largest absolute Gasteiger partial charge is 0.462 e. The molecule has 20 heavy (non-hydrogen) atoms. The van der Waals surface area contributed by atoms with Gasteiger partial charge in [-0.25, -0.2) is 19.7 Å². The Morgan fingerprint density at radius 2 is 2.30 bits per heavy atom. The Morgan fingerprint density at radius 3 is 2.90 bits per heavy atom. The highest BCUT2D eigenvalue weighted by atomic mass is 16.5. The molecule has 1 atom stereocenters. The molecule has 106 valence electrons. The van der Waals surface area contributed by atoms with E-state index >= 15 is 0 Å². The molecule has 0 spiro atoms. The Balaban J connectivity index is 2.11. The molecule has 0 aliphatic rings. The standard InChI is InChI=1S/C13H17N5O2/c1-4-20-12(19)10-7-16-13(17-8(10)2)18-9(3)11-14-5-6-15-11/h5-7,9H,4H2,1-3H3,(H,14,15)(H,16,17,18). The molecule has 2 N–H and O–H groups in total. The van der Waals surface area contributed by atoms with E-state index in [4.69, 9.17) is 4.74 Å². The van der Waals surface area contributed by atoms with Crippen LogP contribution in [0.15, 0.2) is 18.6 Å². The Labute approximate surface area is 116 Å².